The fourth-order valence-electron chi connectivity index (χ4n) is 3.37. The van der Waals surface area contributed by atoms with Gasteiger partial charge in [-0.15, -0.1) is 0 Å². The summed E-state index contributed by atoms with van der Waals surface area (Å²) in [6.07, 6.45) is 6.42. The smallest absolute Gasteiger partial charge is 0.316 e. The summed E-state index contributed by atoms with van der Waals surface area (Å²) in [5.41, 5.74) is 1.76. The number of benzene rings is 1. The lowest BCUT2D eigenvalue weighted by Crippen LogP contribution is -2.18. The van der Waals surface area contributed by atoms with Gasteiger partial charge in [0.25, 0.3) is 0 Å². The van der Waals surface area contributed by atoms with Crippen LogP contribution in [-0.4, -0.2) is 29.3 Å². The molecule has 128 valence electrons. The summed E-state index contributed by atoms with van der Waals surface area (Å²) in [4.78, 5) is 33.8. The van der Waals surface area contributed by atoms with Crippen molar-refractivity contribution in [3.63, 3.8) is 0 Å². The Hall–Kier alpha value is -2.24. The third kappa shape index (κ3) is 3.80. The van der Waals surface area contributed by atoms with Crippen molar-refractivity contribution >= 4 is 11.8 Å². The monoisotopic (exact) mass is 331 g/mol. The molecule has 1 aromatic carbocycles. The van der Waals surface area contributed by atoms with Crippen LogP contribution in [0, 0.1) is 16.0 Å². The molecule has 24 heavy (non-hydrogen) atoms. The number of esters is 1. The number of ketones is 1. The summed E-state index contributed by atoms with van der Waals surface area (Å²) in [5.74, 6) is -1.04. The maximum absolute atomic E-state index is 12.1. The summed E-state index contributed by atoms with van der Waals surface area (Å²) in [7, 11) is 0. The number of nitro groups is 1. The molecular weight excluding hydrogens is 310 g/mol. The number of Topliss-reactive ketones (excluding diaryl/α,β-unsaturated/α-hetero) is 1. The summed E-state index contributed by atoms with van der Waals surface area (Å²) in [5, 5.41) is 10.5. The lowest BCUT2D eigenvalue weighted by molar-refractivity contribution is -0.497. The van der Waals surface area contributed by atoms with E-state index in [-0.39, 0.29) is 18.8 Å². The van der Waals surface area contributed by atoms with Crippen LogP contribution in [0.4, 0.5) is 0 Å². The highest BCUT2D eigenvalue weighted by Crippen LogP contribution is 2.34. The summed E-state index contributed by atoms with van der Waals surface area (Å²) < 4.78 is 4.92. The predicted molar refractivity (Wildman–Crippen MR) is 86.4 cm³/mol. The molecule has 0 aromatic heterocycles. The SMILES string of the molecule is O=C(COC(=O)C1CC1[N+](=O)[O-])c1ccc(C2CCCCC2)cc1. The average Bonchev–Trinajstić information content (AvgIpc) is 3.41. The van der Waals surface area contributed by atoms with Crippen LogP contribution in [0.1, 0.15) is 60.4 Å². The Morgan fingerprint density at radius 2 is 1.79 bits per heavy atom. The van der Waals surface area contributed by atoms with Crippen LogP contribution >= 0.6 is 0 Å². The van der Waals surface area contributed by atoms with Crippen molar-refractivity contribution in [1.29, 1.82) is 0 Å². The largest absolute Gasteiger partial charge is 0.457 e. The number of carbonyl (C=O) groups is 2. The molecule has 2 atom stereocenters. The van der Waals surface area contributed by atoms with Gasteiger partial charge in [0.05, 0.1) is 0 Å². The number of hydrogen-bond acceptors (Lipinski definition) is 5. The zero-order valence-electron chi connectivity index (χ0n) is 13.5. The molecule has 3 rings (SSSR count). The second-order valence-corrected chi connectivity index (χ2v) is 6.68. The van der Waals surface area contributed by atoms with Crippen molar-refractivity contribution in [2.75, 3.05) is 6.61 Å². The van der Waals surface area contributed by atoms with Crippen molar-refractivity contribution in [2.45, 2.75) is 50.5 Å². The number of rotatable bonds is 6. The maximum atomic E-state index is 12.1. The van der Waals surface area contributed by atoms with Gasteiger partial charge in [-0.05, 0) is 24.3 Å². The zero-order valence-corrected chi connectivity index (χ0v) is 13.5. The molecule has 0 bridgehead atoms. The minimum Gasteiger partial charge on any atom is -0.457 e. The molecule has 0 amide bonds. The highest BCUT2D eigenvalue weighted by Gasteiger charge is 2.54. The molecule has 2 unspecified atom stereocenters. The van der Waals surface area contributed by atoms with E-state index >= 15 is 0 Å². The summed E-state index contributed by atoms with van der Waals surface area (Å²) in [6.45, 7) is -0.359. The van der Waals surface area contributed by atoms with Crippen LogP contribution < -0.4 is 0 Å². The molecule has 6 heteroatoms. The van der Waals surface area contributed by atoms with Gasteiger partial charge in [0.1, 0.15) is 5.92 Å². The predicted octanol–water partition coefficient (Wildman–Crippen LogP) is 3.13. The normalized spacial score (nSPS) is 23.5. The van der Waals surface area contributed by atoms with Crippen LogP contribution in [0.5, 0.6) is 0 Å². The van der Waals surface area contributed by atoms with E-state index in [0.717, 1.165) is 0 Å². The van der Waals surface area contributed by atoms with E-state index in [1.165, 1.54) is 37.7 Å². The van der Waals surface area contributed by atoms with Crippen LogP contribution in [0.2, 0.25) is 0 Å². The van der Waals surface area contributed by atoms with Gasteiger partial charge in [-0.3, -0.25) is 19.7 Å². The first-order valence-corrected chi connectivity index (χ1v) is 8.49. The quantitative estimate of drug-likeness (QED) is 0.346. The topological polar surface area (TPSA) is 86.5 Å². The molecule has 0 heterocycles. The van der Waals surface area contributed by atoms with Gasteiger partial charge in [0.15, 0.2) is 12.4 Å². The van der Waals surface area contributed by atoms with Gasteiger partial charge >= 0.3 is 5.97 Å². The van der Waals surface area contributed by atoms with Gasteiger partial charge in [-0.25, -0.2) is 0 Å². The first kappa shape index (κ1) is 16.6. The van der Waals surface area contributed by atoms with Gasteiger partial charge in [-0.1, -0.05) is 43.5 Å². The van der Waals surface area contributed by atoms with E-state index in [9.17, 15) is 19.7 Å². The fraction of sp³-hybridized carbons (Fsp3) is 0.556. The Kier molecular flexibility index (Phi) is 4.92. The molecule has 2 aliphatic rings. The number of nitrogens with zero attached hydrogens (tertiary/aromatic N) is 1. The lowest BCUT2D eigenvalue weighted by atomic mass is 9.84. The lowest BCUT2D eigenvalue weighted by Gasteiger charge is -2.22. The third-order valence-corrected chi connectivity index (χ3v) is 4.99. The van der Waals surface area contributed by atoms with E-state index in [2.05, 4.69) is 0 Å². The standard InChI is InChI=1S/C18H21NO5/c20-17(11-24-18(21)15-10-16(15)19(22)23)14-8-6-13(7-9-14)12-4-2-1-3-5-12/h6-9,12,15-16H,1-5,10-11H2. The Bertz CT molecular complexity index is 633. The van der Waals surface area contributed by atoms with Crippen molar-refractivity contribution in [3.8, 4) is 0 Å². The molecule has 2 fully saturated rings. The van der Waals surface area contributed by atoms with Crippen molar-refractivity contribution in [3.05, 3.63) is 45.5 Å². The van der Waals surface area contributed by atoms with Crippen LogP contribution in [0.15, 0.2) is 24.3 Å². The van der Waals surface area contributed by atoms with Crippen molar-refractivity contribution in [1.82, 2.24) is 0 Å². The second kappa shape index (κ2) is 7.11. The fourth-order valence-corrected chi connectivity index (χ4v) is 3.37. The van der Waals surface area contributed by atoms with E-state index in [4.69, 9.17) is 4.74 Å². The van der Waals surface area contributed by atoms with Crippen molar-refractivity contribution in [2.24, 2.45) is 5.92 Å². The van der Waals surface area contributed by atoms with Crippen LogP contribution in [-0.2, 0) is 9.53 Å². The minimum absolute atomic E-state index is 0.204. The van der Waals surface area contributed by atoms with Crippen LogP contribution in [0.25, 0.3) is 0 Å². The molecule has 0 saturated heterocycles. The highest BCUT2D eigenvalue weighted by molar-refractivity contribution is 5.98. The molecule has 2 aliphatic carbocycles. The Balaban J connectivity index is 1.50. The Morgan fingerprint density at radius 1 is 1.12 bits per heavy atom. The van der Waals surface area contributed by atoms with Crippen LogP contribution in [0.3, 0.4) is 0 Å². The molecule has 0 spiro atoms. The first-order valence-electron chi connectivity index (χ1n) is 8.49. The molecular formula is C18H21NO5. The molecule has 1 aromatic rings. The zero-order chi connectivity index (χ0) is 17.1. The first-order chi connectivity index (χ1) is 11.6. The summed E-state index contributed by atoms with van der Waals surface area (Å²) >= 11 is 0. The Labute approximate surface area is 140 Å². The summed E-state index contributed by atoms with van der Waals surface area (Å²) in [6, 6.07) is 6.67. The highest BCUT2D eigenvalue weighted by atomic mass is 16.6. The maximum Gasteiger partial charge on any atom is 0.316 e. The molecule has 0 radical (unpaired) electrons. The molecule has 0 N–H and O–H groups in total. The van der Waals surface area contributed by atoms with Crippen molar-refractivity contribution < 1.29 is 19.2 Å². The molecule has 0 aliphatic heterocycles. The van der Waals surface area contributed by atoms with Gasteiger partial charge in [0.2, 0.25) is 6.04 Å². The molecule has 6 nitrogen and oxygen atoms in total. The number of ether oxygens (including phenoxy) is 1. The number of hydrogen-bond donors (Lipinski definition) is 0. The Morgan fingerprint density at radius 3 is 2.38 bits per heavy atom. The number of carbonyl (C=O) groups excluding carboxylic acids is 2. The van der Waals surface area contributed by atoms with Gasteiger partial charge < -0.3 is 4.74 Å². The molecule has 2 saturated carbocycles. The van der Waals surface area contributed by atoms with E-state index in [0.29, 0.717) is 11.5 Å². The average molecular weight is 331 g/mol. The van der Waals surface area contributed by atoms with E-state index in [1.807, 2.05) is 12.1 Å². The van der Waals surface area contributed by atoms with E-state index in [1.54, 1.807) is 12.1 Å². The van der Waals surface area contributed by atoms with Gasteiger partial charge in [0, 0.05) is 16.9 Å². The third-order valence-electron chi connectivity index (χ3n) is 4.99. The minimum atomic E-state index is -0.845. The van der Waals surface area contributed by atoms with Gasteiger partial charge in [-0.2, -0.15) is 0 Å². The van der Waals surface area contributed by atoms with E-state index < -0.39 is 22.9 Å². The second-order valence-electron chi connectivity index (χ2n) is 6.68.